The maximum Gasteiger partial charge on any atom is 0.324 e. The van der Waals surface area contributed by atoms with Crippen molar-refractivity contribution < 1.29 is 14.3 Å². The molecule has 24 heavy (non-hydrogen) atoms. The second-order valence-electron chi connectivity index (χ2n) is 6.13. The molecule has 3 aliphatic rings. The summed E-state index contributed by atoms with van der Waals surface area (Å²) in [5, 5.41) is 12.6. The predicted molar refractivity (Wildman–Crippen MR) is 87.4 cm³/mol. The molecule has 2 amide bonds. The third kappa shape index (κ3) is 1.85. The Balaban J connectivity index is 1.59. The number of benzene rings is 1. The number of rotatable bonds is 2. The summed E-state index contributed by atoms with van der Waals surface area (Å²) in [6, 6.07) is 5.68. The van der Waals surface area contributed by atoms with E-state index in [-0.39, 0.29) is 30.6 Å². The number of ether oxygens (including phenoxy) is 2. The van der Waals surface area contributed by atoms with Gasteiger partial charge in [0.05, 0.1) is 54.1 Å². The molecule has 2 fully saturated rings. The van der Waals surface area contributed by atoms with Gasteiger partial charge in [-0.05, 0) is 12.1 Å². The van der Waals surface area contributed by atoms with E-state index in [0.717, 1.165) is 28.0 Å². The Morgan fingerprint density at radius 3 is 3.29 bits per heavy atom. The van der Waals surface area contributed by atoms with E-state index in [1.54, 1.807) is 4.90 Å². The Labute approximate surface area is 141 Å². The van der Waals surface area contributed by atoms with Crippen LogP contribution in [0.1, 0.15) is 12.0 Å². The SMILES string of the molecule is N#CC[C@H]1OC[C@@H]2NC(=O)N(c3nc4c5c(ccc4s3)OCC5)[C@@H]21. The van der Waals surface area contributed by atoms with E-state index >= 15 is 0 Å². The largest absolute Gasteiger partial charge is 0.493 e. The average Bonchev–Trinajstić information content (AvgIpc) is 3.29. The molecule has 1 aromatic carbocycles. The monoisotopic (exact) mass is 342 g/mol. The smallest absolute Gasteiger partial charge is 0.324 e. The summed E-state index contributed by atoms with van der Waals surface area (Å²) in [6.45, 7) is 1.11. The Bertz CT molecular complexity index is 889. The van der Waals surface area contributed by atoms with Gasteiger partial charge in [-0.25, -0.2) is 9.78 Å². The van der Waals surface area contributed by atoms with Crippen LogP contribution in [0, 0.1) is 11.3 Å². The molecule has 2 saturated heterocycles. The van der Waals surface area contributed by atoms with Crippen molar-refractivity contribution in [1.29, 1.82) is 5.26 Å². The molecule has 3 aliphatic heterocycles. The highest BCUT2D eigenvalue weighted by Gasteiger charge is 2.50. The molecule has 2 aromatic rings. The number of thiazole rings is 1. The number of fused-ring (bicyclic) bond motifs is 4. The van der Waals surface area contributed by atoms with Gasteiger partial charge < -0.3 is 14.8 Å². The second kappa shape index (κ2) is 5.06. The number of nitriles is 1. The molecule has 1 aromatic heterocycles. The first-order chi connectivity index (χ1) is 11.8. The molecular formula is C16H14N4O3S. The third-order valence-electron chi connectivity index (χ3n) is 4.83. The number of urea groups is 1. The van der Waals surface area contributed by atoms with E-state index in [1.807, 2.05) is 12.1 Å². The van der Waals surface area contributed by atoms with Crippen molar-refractivity contribution in [1.82, 2.24) is 10.3 Å². The first-order valence-corrected chi connectivity index (χ1v) is 8.71. The summed E-state index contributed by atoms with van der Waals surface area (Å²) in [5.41, 5.74) is 2.03. The average molecular weight is 342 g/mol. The number of hydrogen-bond acceptors (Lipinski definition) is 6. The zero-order chi connectivity index (χ0) is 16.3. The predicted octanol–water partition coefficient (Wildman–Crippen LogP) is 1.81. The summed E-state index contributed by atoms with van der Waals surface area (Å²) < 4.78 is 12.3. The molecule has 8 heteroatoms. The lowest BCUT2D eigenvalue weighted by atomic mass is 10.1. The van der Waals surface area contributed by atoms with E-state index in [2.05, 4.69) is 11.4 Å². The Hall–Kier alpha value is -2.37. The van der Waals surface area contributed by atoms with Crippen LogP contribution in [0.15, 0.2) is 12.1 Å². The Morgan fingerprint density at radius 2 is 2.42 bits per heavy atom. The summed E-state index contributed by atoms with van der Waals surface area (Å²) in [5.74, 6) is 0.884. The molecule has 0 spiro atoms. The number of carbonyl (C=O) groups excluding carboxylic acids is 1. The molecule has 3 atom stereocenters. The van der Waals surface area contributed by atoms with Crippen molar-refractivity contribution in [3.05, 3.63) is 17.7 Å². The molecule has 0 saturated carbocycles. The van der Waals surface area contributed by atoms with Crippen molar-refractivity contribution in [3.8, 4) is 11.8 Å². The van der Waals surface area contributed by atoms with Crippen molar-refractivity contribution >= 4 is 32.7 Å². The minimum absolute atomic E-state index is 0.0862. The Morgan fingerprint density at radius 1 is 1.50 bits per heavy atom. The maximum absolute atomic E-state index is 12.5. The number of hydrogen-bond donors (Lipinski definition) is 1. The van der Waals surface area contributed by atoms with Gasteiger partial charge in [-0.3, -0.25) is 4.90 Å². The van der Waals surface area contributed by atoms with Gasteiger partial charge in [-0.2, -0.15) is 5.26 Å². The summed E-state index contributed by atoms with van der Waals surface area (Å²) in [7, 11) is 0. The summed E-state index contributed by atoms with van der Waals surface area (Å²) in [4.78, 5) is 18.9. The zero-order valence-electron chi connectivity index (χ0n) is 12.7. The number of anilines is 1. The molecular weight excluding hydrogens is 328 g/mol. The standard InChI is InChI=1S/C16H14N4O3S/c17-5-3-11-14-9(7-23-11)18-15(21)20(14)16-19-13-8-4-6-22-10(8)1-2-12(13)24-16/h1-2,9,11,14H,3-4,6-7H2,(H,18,21)/t9-,11+,14-/m0/s1. The molecule has 1 N–H and O–H groups in total. The number of aromatic nitrogens is 1. The minimum atomic E-state index is -0.278. The van der Waals surface area contributed by atoms with E-state index in [9.17, 15) is 4.79 Å². The first-order valence-electron chi connectivity index (χ1n) is 7.90. The normalized spacial score (nSPS) is 27.7. The molecule has 122 valence electrons. The maximum atomic E-state index is 12.5. The van der Waals surface area contributed by atoms with Crippen molar-refractivity contribution in [2.24, 2.45) is 0 Å². The van der Waals surface area contributed by atoms with Crippen molar-refractivity contribution in [3.63, 3.8) is 0 Å². The molecule has 5 rings (SSSR count). The van der Waals surface area contributed by atoms with Crippen LogP contribution in [0.25, 0.3) is 10.2 Å². The highest BCUT2D eigenvalue weighted by atomic mass is 32.1. The van der Waals surface area contributed by atoms with E-state index in [1.165, 1.54) is 11.3 Å². The molecule has 0 radical (unpaired) electrons. The molecule has 7 nitrogen and oxygen atoms in total. The molecule has 4 heterocycles. The minimum Gasteiger partial charge on any atom is -0.493 e. The fraction of sp³-hybridized carbons (Fsp3) is 0.438. The third-order valence-corrected chi connectivity index (χ3v) is 5.85. The lowest BCUT2D eigenvalue weighted by Crippen LogP contribution is -2.41. The second-order valence-corrected chi connectivity index (χ2v) is 7.14. The van der Waals surface area contributed by atoms with Crippen LogP contribution < -0.4 is 15.0 Å². The van der Waals surface area contributed by atoms with E-state index in [0.29, 0.717) is 18.3 Å². The fourth-order valence-corrected chi connectivity index (χ4v) is 4.80. The summed E-state index contributed by atoms with van der Waals surface area (Å²) >= 11 is 1.49. The first kappa shape index (κ1) is 14.0. The van der Waals surface area contributed by atoms with E-state index < -0.39 is 0 Å². The van der Waals surface area contributed by atoms with Crippen LogP contribution >= 0.6 is 11.3 Å². The number of nitrogens with zero attached hydrogens (tertiary/aromatic N) is 3. The van der Waals surface area contributed by atoms with Crippen molar-refractivity contribution in [2.75, 3.05) is 18.1 Å². The van der Waals surface area contributed by atoms with Crippen molar-refractivity contribution in [2.45, 2.75) is 31.0 Å². The van der Waals surface area contributed by atoms with Crippen LogP contribution in [0.4, 0.5) is 9.93 Å². The van der Waals surface area contributed by atoms with Gasteiger partial charge in [0.15, 0.2) is 5.13 Å². The zero-order valence-corrected chi connectivity index (χ0v) is 13.5. The lowest BCUT2D eigenvalue weighted by Gasteiger charge is -2.22. The molecule has 0 bridgehead atoms. The quantitative estimate of drug-likeness (QED) is 0.899. The lowest BCUT2D eigenvalue weighted by molar-refractivity contribution is 0.103. The molecule has 0 unspecified atom stereocenters. The van der Waals surface area contributed by atoms with Crippen LogP contribution in [0.3, 0.4) is 0 Å². The number of carbonyl (C=O) groups is 1. The van der Waals surface area contributed by atoms with E-state index in [4.69, 9.17) is 19.7 Å². The van der Waals surface area contributed by atoms with Crippen LogP contribution in [-0.2, 0) is 11.2 Å². The van der Waals surface area contributed by atoms with Gasteiger partial charge in [-0.15, -0.1) is 0 Å². The number of nitrogens with one attached hydrogen (secondary N) is 1. The highest BCUT2D eigenvalue weighted by Crippen LogP contribution is 2.40. The van der Waals surface area contributed by atoms with Gasteiger partial charge in [0, 0.05) is 12.0 Å². The Kier molecular flexibility index (Phi) is 2.96. The van der Waals surface area contributed by atoms with Crippen LogP contribution in [0.2, 0.25) is 0 Å². The number of amides is 2. The fourth-order valence-electron chi connectivity index (χ4n) is 3.77. The van der Waals surface area contributed by atoms with Crippen LogP contribution in [0.5, 0.6) is 5.75 Å². The van der Waals surface area contributed by atoms with Gasteiger partial charge in [-0.1, -0.05) is 11.3 Å². The van der Waals surface area contributed by atoms with Crippen LogP contribution in [-0.4, -0.2) is 42.4 Å². The van der Waals surface area contributed by atoms with Gasteiger partial charge in [0.1, 0.15) is 5.75 Å². The molecule has 0 aliphatic carbocycles. The van der Waals surface area contributed by atoms with Gasteiger partial charge in [0.2, 0.25) is 0 Å². The van der Waals surface area contributed by atoms with Gasteiger partial charge >= 0.3 is 6.03 Å². The van der Waals surface area contributed by atoms with Gasteiger partial charge in [0.25, 0.3) is 0 Å². The highest BCUT2D eigenvalue weighted by molar-refractivity contribution is 7.22. The topological polar surface area (TPSA) is 87.5 Å². The summed E-state index contributed by atoms with van der Waals surface area (Å²) in [6.07, 6.45) is 0.828.